The van der Waals surface area contributed by atoms with Crippen LogP contribution in [0.5, 0.6) is 5.75 Å². The van der Waals surface area contributed by atoms with Crippen molar-refractivity contribution in [3.05, 3.63) is 65.2 Å². The van der Waals surface area contributed by atoms with Gasteiger partial charge in [0.1, 0.15) is 17.4 Å². The van der Waals surface area contributed by atoms with Crippen molar-refractivity contribution in [2.75, 3.05) is 7.11 Å². The van der Waals surface area contributed by atoms with Crippen molar-refractivity contribution in [2.24, 2.45) is 0 Å². The molecular weight excluding hydrogens is 260 g/mol. The fraction of sp³-hybridized carbons (Fsp3) is 0.250. The van der Waals surface area contributed by atoms with E-state index in [-0.39, 0.29) is 12.6 Å². The molecule has 2 aromatic rings. The Bertz CT molecular complexity index is 569. The Morgan fingerprint density at radius 3 is 2.45 bits per heavy atom. The molecule has 0 radical (unpaired) electrons. The SMILES string of the molecule is COc1ccc([C@H](C)NCc2cc(F)ccc2F)cc1. The van der Waals surface area contributed by atoms with Crippen molar-refractivity contribution in [1.29, 1.82) is 0 Å². The van der Waals surface area contributed by atoms with E-state index in [0.29, 0.717) is 5.56 Å². The van der Waals surface area contributed by atoms with Gasteiger partial charge >= 0.3 is 0 Å². The van der Waals surface area contributed by atoms with E-state index >= 15 is 0 Å². The third-order valence-electron chi connectivity index (χ3n) is 3.22. The molecule has 0 bridgehead atoms. The highest BCUT2D eigenvalue weighted by Crippen LogP contribution is 2.18. The van der Waals surface area contributed by atoms with Gasteiger partial charge in [0, 0.05) is 18.2 Å². The Balaban J connectivity index is 2.00. The lowest BCUT2D eigenvalue weighted by molar-refractivity contribution is 0.414. The average Bonchev–Trinajstić information content (AvgIpc) is 2.48. The molecule has 0 saturated carbocycles. The van der Waals surface area contributed by atoms with Crippen molar-refractivity contribution < 1.29 is 13.5 Å². The summed E-state index contributed by atoms with van der Waals surface area (Å²) < 4.78 is 31.7. The van der Waals surface area contributed by atoms with Gasteiger partial charge in [0.2, 0.25) is 0 Å². The predicted molar refractivity (Wildman–Crippen MR) is 74.6 cm³/mol. The Morgan fingerprint density at radius 1 is 1.10 bits per heavy atom. The highest BCUT2D eigenvalue weighted by Gasteiger charge is 2.08. The van der Waals surface area contributed by atoms with Crippen molar-refractivity contribution in [1.82, 2.24) is 5.32 Å². The number of benzene rings is 2. The Hall–Kier alpha value is -1.94. The predicted octanol–water partition coefficient (Wildman–Crippen LogP) is 3.82. The summed E-state index contributed by atoms with van der Waals surface area (Å²) in [5, 5.41) is 3.17. The van der Waals surface area contributed by atoms with Crippen LogP contribution in [-0.4, -0.2) is 7.11 Å². The number of methoxy groups -OCH3 is 1. The van der Waals surface area contributed by atoms with Gasteiger partial charge in [0.25, 0.3) is 0 Å². The lowest BCUT2D eigenvalue weighted by atomic mass is 10.1. The van der Waals surface area contributed by atoms with Gasteiger partial charge in [-0.1, -0.05) is 12.1 Å². The van der Waals surface area contributed by atoms with Gasteiger partial charge in [0.05, 0.1) is 7.11 Å². The molecule has 0 aromatic heterocycles. The number of hydrogen-bond acceptors (Lipinski definition) is 2. The van der Waals surface area contributed by atoms with Crippen LogP contribution in [0.3, 0.4) is 0 Å². The number of hydrogen-bond donors (Lipinski definition) is 1. The third kappa shape index (κ3) is 3.54. The van der Waals surface area contributed by atoms with Gasteiger partial charge in [-0.3, -0.25) is 0 Å². The first-order valence-electron chi connectivity index (χ1n) is 6.41. The standard InChI is InChI=1S/C16H17F2NO/c1-11(12-3-6-15(20-2)7-4-12)19-10-13-9-14(17)5-8-16(13)18/h3-9,11,19H,10H2,1-2H3/t11-/m0/s1. The lowest BCUT2D eigenvalue weighted by Gasteiger charge is -2.15. The van der Waals surface area contributed by atoms with Gasteiger partial charge in [-0.25, -0.2) is 8.78 Å². The Morgan fingerprint density at radius 2 is 1.80 bits per heavy atom. The highest BCUT2D eigenvalue weighted by molar-refractivity contribution is 5.29. The molecule has 1 atom stereocenters. The van der Waals surface area contributed by atoms with E-state index in [4.69, 9.17) is 4.74 Å². The van der Waals surface area contributed by atoms with Crippen LogP contribution in [0.2, 0.25) is 0 Å². The molecule has 0 aliphatic rings. The molecule has 2 nitrogen and oxygen atoms in total. The molecular formula is C16H17F2NO. The maximum atomic E-state index is 13.5. The minimum atomic E-state index is -0.430. The molecule has 0 amide bonds. The number of rotatable bonds is 5. The molecule has 0 saturated heterocycles. The summed E-state index contributed by atoms with van der Waals surface area (Å²) in [6, 6.07) is 11.1. The topological polar surface area (TPSA) is 21.3 Å². The van der Waals surface area contributed by atoms with E-state index in [1.165, 1.54) is 6.07 Å². The van der Waals surface area contributed by atoms with Crippen LogP contribution in [0.4, 0.5) is 8.78 Å². The smallest absolute Gasteiger partial charge is 0.127 e. The minimum absolute atomic E-state index is 0.0311. The molecule has 0 unspecified atom stereocenters. The first-order valence-corrected chi connectivity index (χ1v) is 6.41. The zero-order valence-electron chi connectivity index (χ0n) is 11.5. The molecule has 0 spiro atoms. The second kappa shape index (κ2) is 6.48. The van der Waals surface area contributed by atoms with Crippen LogP contribution in [0.15, 0.2) is 42.5 Å². The summed E-state index contributed by atoms with van der Waals surface area (Å²) in [6.07, 6.45) is 0. The molecule has 0 aliphatic heterocycles. The van der Waals surface area contributed by atoms with E-state index in [1.54, 1.807) is 7.11 Å². The maximum Gasteiger partial charge on any atom is 0.127 e. The first-order chi connectivity index (χ1) is 9.60. The van der Waals surface area contributed by atoms with Gasteiger partial charge in [-0.15, -0.1) is 0 Å². The van der Waals surface area contributed by atoms with Crippen LogP contribution >= 0.6 is 0 Å². The molecule has 4 heteroatoms. The minimum Gasteiger partial charge on any atom is -0.497 e. The fourth-order valence-electron chi connectivity index (χ4n) is 1.95. The second-order valence-electron chi connectivity index (χ2n) is 4.61. The van der Waals surface area contributed by atoms with Crippen LogP contribution in [0, 0.1) is 11.6 Å². The summed E-state index contributed by atoms with van der Waals surface area (Å²) in [7, 11) is 1.61. The fourth-order valence-corrected chi connectivity index (χ4v) is 1.95. The molecule has 2 aromatic carbocycles. The van der Waals surface area contributed by atoms with E-state index in [9.17, 15) is 8.78 Å². The normalized spacial score (nSPS) is 12.2. The lowest BCUT2D eigenvalue weighted by Crippen LogP contribution is -2.18. The summed E-state index contributed by atoms with van der Waals surface area (Å²) in [5.74, 6) is -0.0433. The average molecular weight is 277 g/mol. The van der Waals surface area contributed by atoms with Crippen molar-refractivity contribution >= 4 is 0 Å². The maximum absolute atomic E-state index is 13.5. The second-order valence-corrected chi connectivity index (χ2v) is 4.61. The van der Waals surface area contributed by atoms with Gasteiger partial charge in [0.15, 0.2) is 0 Å². The molecule has 0 aliphatic carbocycles. The largest absolute Gasteiger partial charge is 0.497 e. The van der Waals surface area contributed by atoms with Crippen LogP contribution in [0.25, 0.3) is 0 Å². The van der Waals surface area contributed by atoms with E-state index in [2.05, 4.69) is 5.32 Å². The van der Waals surface area contributed by atoms with Gasteiger partial charge in [-0.05, 0) is 42.8 Å². The summed E-state index contributed by atoms with van der Waals surface area (Å²) >= 11 is 0. The Labute approximate surface area is 117 Å². The number of nitrogens with one attached hydrogen (secondary N) is 1. The summed E-state index contributed by atoms with van der Waals surface area (Å²) in [5.41, 5.74) is 1.38. The quantitative estimate of drug-likeness (QED) is 0.897. The molecule has 20 heavy (non-hydrogen) atoms. The summed E-state index contributed by atoms with van der Waals surface area (Å²) in [4.78, 5) is 0. The zero-order valence-corrected chi connectivity index (χ0v) is 11.5. The first kappa shape index (κ1) is 14.5. The highest BCUT2D eigenvalue weighted by atomic mass is 19.1. The number of ether oxygens (including phenoxy) is 1. The zero-order chi connectivity index (χ0) is 14.5. The molecule has 0 heterocycles. The molecule has 106 valence electrons. The van der Waals surface area contributed by atoms with E-state index in [1.807, 2.05) is 31.2 Å². The summed E-state index contributed by atoms with van der Waals surface area (Å²) in [6.45, 7) is 2.25. The van der Waals surface area contributed by atoms with Crippen molar-refractivity contribution in [2.45, 2.75) is 19.5 Å². The van der Waals surface area contributed by atoms with Crippen LogP contribution in [0.1, 0.15) is 24.1 Å². The Kier molecular flexibility index (Phi) is 4.69. The van der Waals surface area contributed by atoms with E-state index in [0.717, 1.165) is 23.4 Å². The molecule has 1 N–H and O–H groups in total. The van der Waals surface area contributed by atoms with Crippen LogP contribution in [-0.2, 0) is 6.54 Å². The van der Waals surface area contributed by atoms with Gasteiger partial charge < -0.3 is 10.1 Å². The van der Waals surface area contributed by atoms with Gasteiger partial charge in [-0.2, -0.15) is 0 Å². The molecule has 0 fully saturated rings. The monoisotopic (exact) mass is 277 g/mol. The van der Waals surface area contributed by atoms with Crippen molar-refractivity contribution in [3.8, 4) is 5.75 Å². The van der Waals surface area contributed by atoms with E-state index < -0.39 is 11.6 Å². The molecule has 2 rings (SSSR count). The third-order valence-corrected chi connectivity index (χ3v) is 3.22. The van der Waals surface area contributed by atoms with Crippen molar-refractivity contribution in [3.63, 3.8) is 0 Å². The number of halogens is 2. The van der Waals surface area contributed by atoms with Crippen LogP contribution < -0.4 is 10.1 Å².